The Hall–Kier alpha value is -2.58. The van der Waals surface area contributed by atoms with Crippen LogP contribution in [0.3, 0.4) is 0 Å². The molecule has 0 fully saturated rings. The Bertz CT molecular complexity index is 1100. The normalized spacial score (nSPS) is 12.2. The third-order valence-corrected chi connectivity index (χ3v) is 6.86. The standard InChI is InChI=1S/C24H32ClN3O4S/c1-17-11-12-18(2)22(14-17)28(33(5,31)32)13-7-10-23(29)27(19(3)24(30)26-4)16-20-8-6-9-21(25)15-20/h6,8-9,11-12,14-15,19H,7,10,13,16H2,1-5H3,(H,26,30). The summed E-state index contributed by atoms with van der Waals surface area (Å²) in [5.41, 5.74) is 3.21. The second-order valence-corrected chi connectivity index (χ2v) is 10.5. The molecule has 1 unspecified atom stereocenters. The van der Waals surface area contributed by atoms with Crippen LogP contribution in [0.4, 0.5) is 5.69 Å². The first kappa shape index (κ1) is 26.7. The Labute approximate surface area is 201 Å². The lowest BCUT2D eigenvalue weighted by Crippen LogP contribution is -2.46. The summed E-state index contributed by atoms with van der Waals surface area (Å²) in [4.78, 5) is 26.9. The summed E-state index contributed by atoms with van der Waals surface area (Å²) >= 11 is 6.08. The molecule has 0 saturated carbocycles. The number of hydrogen-bond donors (Lipinski definition) is 1. The van der Waals surface area contributed by atoms with Crippen LogP contribution in [0.5, 0.6) is 0 Å². The maximum Gasteiger partial charge on any atom is 0.242 e. The van der Waals surface area contributed by atoms with Gasteiger partial charge in [-0.3, -0.25) is 13.9 Å². The zero-order valence-electron chi connectivity index (χ0n) is 19.8. The molecule has 0 radical (unpaired) electrons. The average Bonchev–Trinajstić information content (AvgIpc) is 2.75. The summed E-state index contributed by atoms with van der Waals surface area (Å²) in [6.45, 7) is 5.81. The highest BCUT2D eigenvalue weighted by molar-refractivity contribution is 7.92. The van der Waals surface area contributed by atoms with Crippen LogP contribution in [-0.4, -0.2) is 51.0 Å². The molecule has 2 aromatic rings. The van der Waals surface area contributed by atoms with E-state index in [1.54, 1.807) is 25.1 Å². The van der Waals surface area contributed by atoms with Crippen LogP contribution in [0.2, 0.25) is 5.02 Å². The highest BCUT2D eigenvalue weighted by atomic mass is 35.5. The Morgan fingerprint density at radius 3 is 2.42 bits per heavy atom. The molecule has 33 heavy (non-hydrogen) atoms. The molecule has 1 atom stereocenters. The second kappa shape index (κ2) is 11.5. The van der Waals surface area contributed by atoms with Crippen LogP contribution >= 0.6 is 11.6 Å². The van der Waals surface area contributed by atoms with E-state index in [0.29, 0.717) is 17.1 Å². The number of benzene rings is 2. The van der Waals surface area contributed by atoms with E-state index in [4.69, 9.17) is 11.6 Å². The molecule has 2 rings (SSSR count). The Balaban J connectivity index is 2.18. The minimum Gasteiger partial charge on any atom is -0.357 e. The molecular formula is C24H32ClN3O4S. The average molecular weight is 494 g/mol. The lowest BCUT2D eigenvalue weighted by atomic mass is 10.1. The highest BCUT2D eigenvalue weighted by Crippen LogP contribution is 2.25. The lowest BCUT2D eigenvalue weighted by Gasteiger charge is -2.29. The van der Waals surface area contributed by atoms with Gasteiger partial charge in [-0.2, -0.15) is 0 Å². The molecule has 0 aliphatic rings. The summed E-state index contributed by atoms with van der Waals surface area (Å²) in [5, 5.41) is 3.12. The minimum absolute atomic E-state index is 0.0960. The van der Waals surface area contributed by atoms with E-state index in [9.17, 15) is 18.0 Å². The van der Waals surface area contributed by atoms with Gasteiger partial charge in [-0.15, -0.1) is 0 Å². The van der Waals surface area contributed by atoms with Crippen LogP contribution in [-0.2, 0) is 26.2 Å². The van der Waals surface area contributed by atoms with Gasteiger partial charge in [0.1, 0.15) is 6.04 Å². The van der Waals surface area contributed by atoms with Crippen molar-refractivity contribution >= 4 is 39.1 Å². The quantitative estimate of drug-likeness (QED) is 0.547. The number of carbonyl (C=O) groups is 2. The molecule has 2 amide bonds. The Morgan fingerprint density at radius 2 is 1.82 bits per heavy atom. The minimum atomic E-state index is -3.53. The molecule has 0 aliphatic carbocycles. The van der Waals surface area contributed by atoms with Crippen LogP contribution in [0.25, 0.3) is 0 Å². The van der Waals surface area contributed by atoms with E-state index in [0.717, 1.165) is 22.9 Å². The van der Waals surface area contributed by atoms with Gasteiger partial charge in [0.25, 0.3) is 0 Å². The van der Waals surface area contributed by atoms with Gasteiger partial charge in [-0.25, -0.2) is 8.42 Å². The number of aryl methyl sites for hydroxylation is 2. The van der Waals surface area contributed by atoms with E-state index in [2.05, 4.69) is 5.32 Å². The number of anilines is 1. The smallest absolute Gasteiger partial charge is 0.242 e. The summed E-state index contributed by atoms with van der Waals surface area (Å²) in [5.74, 6) is -0.515. The monoisotopic (exact) mass is 493 g/mol. The molecule has 0 spiro atoms. The van der Waals surface area contributed by atoms with Crippen molar-refractivity contribution in [2.24, 2.45) is 0 Å². The molecule has 0 heterocycles. The topological polar surface area (TPSA) is 86.8 Å². The highest BCUT2D eigenvalue weighted by Gasteiger charge is 2.26. The maximum atomic E-state index is 13.1. The van der Waals surface area contributed by atoms with Gasteiger partial charge >= 0.3 is 0 Å². The molecule has 180 valence electrons. The van der Waals surface area contributed by atoms with Crippen molar-refractivity contribution in [2.75, 3.05) is 24.2 Å². The molecule has 0 saturated heterocycles. The van der Waals surface area contributed by atoms with Crippen LogP contribution in [0, 0.1) is 13.8 Å². The summed E-state index contributed by atoms with van der Waals surface area (Å²) in [6.07, 6.45) is 1.57. The van der Waals surface area contributed by atoms with E-state index in [1.807, 2.05) is 38.1 Å². The van der Waals surface area contributed by atoms with E-state index < -0.39 is 16.1 Å². The molecule has 1 N–H and O–H groups in total. The molecule has 0 aromatic heterocycles. The zero-order valence-corrected chi connectivity index (χ0v) is 21.3. The first-order valence-corrected chi connectivity index (χ1v) is 13.0. The fourth-order valence-corrected chi connectivity index (χ4v) is 4.82. The number of likely N-dealkylation sites (N-methyl/N-ethyl adjacent to an activating group) is 1. The number of sulfonamides is 1. The second-order valence-electron chi connectivity index (χ2n) is 8.17. The number of halogens is 1. The maximum absolute atomic E-state index is 13.1. The van der Waals surface area contributed by atoms with Gasteiger partial charge in [0, 0.05) is 31.6 Å². The summed E-state index contributed by atoms with van der Waals surface area (Å²) in [7, 11) is -2.01. The van der Waals surface area contributed by atoms with E-state index in [1.165, 1.54) is 16.3 Å². The Morgan fingerprint density at radius 1 is 1.12 bits per heavy atom. The van der Waals surface area contributed by atoms with Crippen molar-refractivity contribution in [1.29, 1.82) is 0 Å². The number of hydrogen-bond acceptors (Lipinski definition) is 4. The van der Waals surface area contributed by atoms with Gasteiger partial charge < -0.3 is 10.2 Å². The number of amides is 2. The molecule has 7 nitrogen and oxygen atoms in total. The van der Waals surface area contributed by atoms with Crippen molar-refractivity contribution in [3.63, 3.8) is 0 Å². The predicted octanol–water partition coefficient (Wildman–Crippen LogP) is 3.67. The lowest BCUT2D eigenvalue weighted by molar-refractivity contribution is -0.140. The van der Waals surface area contributed by atoms with Crippen LogP contribution in [0.1, 0.15) is 36.5 Å². The molecule has 0 aliphatic heterocycles. The first-order chi connectivity index (χ1) is 15.4. The largest absolute Gasteiger partial charge is 0.357 e. The number of nitrogens with zero attached hydrogens (tertiary/aromatic N) is 2. The van der Waals surface area contributed by atoms with Crippen molar-refractivity contribution in [2.45, 2.75) is 46.2 Å². The number of carbonyl (C=O) groups excluding carboxylic acids is 2. The van der Waals surface area contributed by atoms with Crippen LogP contribution < -0.4 is 9.62 Å². The van der Waals surface area contributed by atoms with Gasteiger partial charge in [0.2, 0.25) is 21.8 Å². The summed E-state index contributed by atoms with van der Waals surface area (Å²) in [6, 6.07) is 12.1. The van der Waals surface area contributed by atoms with Crippen molar-refractivity contribution in [3.8, 4) is 0 Å². The predicted molar refractivity (Wildman–Crippen MR) is 133 cm³/mol. The molecule has 0 bridgehead atoms. The van der Waals surface area contributed by atoms with E-state index in [-0.39, 0.29) is 31.3 Å². The third kappa shape index (κ3) is 7.47. The fourth-order valence-electron chi connectivity index (χ4n) is 3.59. The van der Waals surface area contributed by atoms with Gasteiger partial charge in [0.05, 0.1) is 11.9 Å². The number of nitrogens with one attached hydrogen (secondary N) is 1. The van der Waals surface area contributed by atoms with Gasteiger partial charge in [-0.05, 0) is 62.1 Å². The van der Waals surface area contributed by atoms with Crippen LogP contribution in [0.15, 0.2) is 42.5 Å². The SMILES string of the molecule is CNC(=O)C(C)N(Cc1cccc(Cl)c1)C(=O)CCCN(c1cc(C)ccc1C)S(C)(=O)=O. The zero-order chi connectivity index (χ0) is 24.8. The van der Waals surface area contributed by atoms with Crippen molar-refractivity contribution < 1.29 is 18.0 Å². The summed E-state index contributed by atoms with van der Waals surface area (Å²) < 4.78 is 26.3. The molecular weight excluding hydrogens is 462 g/mol. The van der Waals surface area contributed by atoms with Crippen molar-refractivity contribution in [3.05, 3.63) is 64.2 Å². The number of rotatable bonds is 10. The molecule has 9 heteroatoms. The molecule has 2 aromatic carbocycles. The Kier molecular flexibility index (Phi) is 9.31. The van der Waals surface area contributed by atoms with E-state index >= 15 is 0 Å². The third-order valence-electron chi connectivity index (χ3n) is 5.44. The fraction of sp³-hybridized carbons (Fsp3) is 0.417. The van der Waals surface area contributed by atoms with Crippen molar-refractivity contribution in [1.82, 2.24) is 10.2 Å². The van der Waals surface area contributed by atoms with Gasteiger partial charge in [-0.1, -0.05) is 35.9 Å². The van der Waals surface area contributed by atoms with Gasteiger partial charge in [0.15, 0.2) is 0 Å². The first-order valence-electron chi connectivity index (χ1n) is 10.7.